The molecule has 3 heteroatoms. The van der Waals surface area contributed by atoms with E-state index in [1.807, 2.05) is 0 Å². The summed E-state index contributed by atoms with van der Waals surface area (Å²) in [5.41, 5.74) is 5.03. The number of rotatable bonds is 7. The van der Waals surface area contributed by atoms with Crippen molar-refractivity contribution in [3.8, 4) is 0 Å². The van der Waals surface area contributed by atoms with E-state index in [9.17, 15) is 0 Å². The molecule has 0 aromatic heterocycles. The summed E-state index contributed by atoms with van der Waals surface area (Å²) < 4.78 is 0. The van der Waals surface area contributed by atoms with Crippen molar-refractivity contribution in [3.63, 3.8) is 0 Å². The van der Waals surface area contributed by atoms with E-state index in [2.05, 4.69) is 57.0 Å². The molecule has 0 aliphatic heterocycles. The Morgan fingerprint density at radius 1 is 0.952 bits per heavy atom. The summed E-state index contributed by atoms with van der Waals surface area (Å²) in [6.45, 7) is 13.0. The van der Waals surface area contributed by atoms with Crippen molar-refractivity contribution in [2.75, 3.05) is 18.4 Å². The molecule has 0 amide bonds. The number of thiocarbonyl (C=S) groups is 1. The summed E-state index contributed by atoms with van der Waals surface area (Å²) in [4.78, 5) is 2.32. The van der Waals surface area contributed by atoms with Gasteiger partial charge in [-0.25, -0.2) is 0 Å². The van der Waals surface area contributed by atoms with Crippen molar-refractivity contribution in [2.45, 2.75) is 60.3 Å². The monoisotopic (exact) mass is 306 g/mol. The van der Waals surface area contributed by atoms with Crippen LogP contribution in [0.25, 0.3) is 0 Å². The van der Waals surface area contributed by atoms with E-state index in [-0.39, 0.29) is 0 Å². The lowest BCUT2D eigenvalue weighted by Crippen LogP contribution is -2.36. The first kappa shape index (κ1) is 18.0. The van der Waals surface area contributed by atoms with Gasteiger partial charge in [0.2, 0.25) is 0 Å². The molecule has 118 valence electrons. The van der Waals surface area contributed by atoms with E-state index < -0.39 is 0 Å². The Balaban J connectivity index is 2.77. The third-order valence-corrected chi connectivity index (χ3v) is 4.29. The minimum Gasteiger partial charge on any atom is -0.349 e. The van der Waals surface area contributed by atoms with Gasteiger partial charge in [0.25, 0.3) is 0 Å². The lowest BCUT2D eigenvalue weighted by atomic mass is 10.1. The van der Waals surface area contributed by atoms with Crippen molar-refractivity contribution in [2.24, 2.45) is 0 Å². The standard InChI is InChI=1S/C18H30N2S/c1-6-8-10-20(11-9-7-2)18(21)19-17-13-15(4)14(3)12-16(17)5/h12-13H,6-11H2,1-5H3,(H,19,21). The second kappa shape index (κ2) is 9.04. The highest BCUT2D eigenvalue weighted by Crippen LogP contribution is 2.20. The van der Waals surface area contributed by atoms with E-state index >= 15 is 0 Å². The van der Waals surface area contributed by atoms with E-state index in [1.165, 1.54) is 42.4 Å². The highest BCUT2D eigenvalue weighted by molar-refractivity contribution is 7.80. The van der Waals surface area contributed by atoms with Crippen LogP contribution in [0.3, 0.4) is 0 Å². The topological polar surface area (TPSA) is 15.3 Å². The summed E-state index contributed by atoms with van der Waals surface area (Å²) in [5, 5.41) is 4.32. The fourth-order valence-electron chi connectivity index (χ4n) is 2.30. The summed E-state index contributed by atoms with van der Waals surface area (Å²) >= 11 is 5.63. The molecule has 0 saturated carbocycles. The molecule has 0 bridgehead atoms. The summed E-state index contributed by atoms with van der Waals surface area (Å²) in [5.74, 6) is 0. The van der Waals surface area contributed by atoms with Crippen LogP contribution >= 0.6 is 12.2 Å². The fourth-order valence-corrected chi connectivity index (χ4v) is 2.59. The van der Waals surface area contributed by atoms with Crippen LogP contribution in [0.1, 0.15) is 56.2 Å². The van der Waals surface area contributed by atoms with Gasteiger partial charge in [0.1, 0.15) is 0 Å². The molecule has 1 aromatic carbocycles. The van der Waals surface area contributed by atoms with Crippen LogP contribution < -0.4 is 5.32 Å². The largest absolute Gasteiger partial charge is 0.349 e. The van der Waals surface area contributed by atoms with Gasteiger partial charge in [-0.05, 0) is 68.6 Å². The molecule has 1 rings (SSSR count). The zero-order chi connectivity index (χ0) is 15.8. The molecular weight excluding hydrogens is 276 g/mol. The van der Waals surface area contributed by atoms with Crippen LogP contribution in [0.5, 0.6) is 0 Å². The number of hydrogen-bond donors (Lipinski definition) is 1. The van der Waals surface area contributed by atoms with Gasteiger partial charge in [-0.1, -0.05) is 32.8 Å². The van der Waals surface area contributed by atoms with E-state index in [1.54, 1.807) is 0 Å². The first-order valence-corrected chi connectivity index (χ1v) is 8.54. The first-order valence-electron chi connectivity index (χ1n) is 8.13. The maximum absolute atomic E-state index is 5.63. The number of hydrogen-bond acceptors (Lipinski definition) is 1. The predicted octanol–water partition coefficient (Wildman–Crippen LogP) is 5.21. The van der Waals surface area contributed by atoms with Crippen molar-refractivity contribution >= 4 is 23.0 Å². The Hall–Kier alpha value is -1.09. The SMILES string of the molecule is CCCCN(CCCC)C(=S)Nc1cc(C)c(C)cc1C. The lowest BCUT2D eigenvalue weighted by molar-refractivity contribution is 0.403. The Bertz CT molecular complexity index is 461. The van der Waals surface area contributed by atoms with Crippen molar-refractivity contribution in [3.05, 3.63) is 28.8 Å². The zero-order valence-electron chi connectivity index (χ0n) is 14.3. The summed E-state index contributed by atoms with van der Waals surface area (Å²) in [6, 6.07) is 4.43. The molecule has 0 radical (unpaired) electrons. The third kappa shape index (κ3) is 5.66. The van der Waals surface area contributed by atoms with Crippen LogP contribution in [0, 0.1) is 20.8 Å². The first-order chi connectivity index (χ1) is 9.99. The Kier molecular flexibility index (Phi) is 7.73. The van der Waals surface area contributed by atoms with Crippen LogP contribution in [-0.4, -0.2) is 23.1 Å². The van der Waals surface area contributed by atoms with E-state index in [4.69, 9.17) is 12.2 Å². The number of benzene rings is 1. The summed E-state index contributed by atoms with van der Waals surface area (Å²) in [7, 11) is 0. The van der Waals surface area contributed by atoms with Gasteiger partial charge in [-0.15, -0.1) is 0 Å². The van der Waals surface area contributed by atoms with Crippen molar-refractivity contribution < 1.29 is 0 Å². The number of unbranched alkanes of at least 4 members (excludes halogenated alkanes) is 2. The van der Waals surface area contributed by atoms with Crippen LogP contribution in [0.15, 0.2) is 12.1 Å². The van der Waals surface area contributed by atoms with Crippen LogP contribution in [-0.2, 0) is 0 Å². The van der Waals surface area contributed by atoms with Gasteiger partial charge >= 0.3 is 0 Å². The molecule has 21 heavy (non-hydrogen) atoms. The average Bonchev–Trinajstić information content (AvgIpc) is 2.44. The maximum Gasteiger partial charge on any atom is 0.173 e. The highest BCUT2D eigenvalue weighted by atomic mass is 32.1. The molecule has 0 fully saturated rings. The number of nitrogens with one attached hydrogen (secondary N) is 1. The molecule has 0 unspecified atom stereocenters. The molecule has 0 atom stereocenters. The minimum atomic E-state index is 0.864. The summed E-state index contributed by atoms with van der Waals surface area (Å²) in [6.07, 6.45) is 4.79. The molecule has 0 spiro atoms. The highest BCUT2D eigenvalue weighted by Gasteiger charge is 2.10. The number of nitrogens with zero attached hydrogens (tertiary/aromatic N) is 1. The molecule has 2 nitrogen and oxygen atoms in total. The van der Waals surface area contributed by atoms with E-state index in [0.717, 1.165) is 23.9 Å². The van der Waals surface area contributed by atoms with Gasteiger partial charge < -0.3 is 10.2 Å². The fraction of sp³-hybridized carbons (Fsp3) is 0.611. The van der Waals surface area contributed by atoms with Gasteiger partial charge in [0.15, 0.2) is 5.11 Å². The average molecular weight is 307 g/mol. The van der Waals surface area contributed by atoms with E-state index in [0.29, 0.717) is 0 Å². The Labute approximate surface area is 135 Å². The molecule has 0 aliphatic rings. The van der Waals surface area contributed by atoms with Gasteiger partial charge in [0.05, 0.1) is 0 Å². The van der Waals surface area contributed by atoms with Gasteiger partial charge in [-0.3, -0.25) is 0 Å². The van der Waals surface area contributed by atoms with Crippen LogP contribution in [0.4, 0.5) is 5.69 Å². The maximum atomic E-state index is 5.63. The molecule has 0 aliphatic carbocycles. The molecule has 0 heterocycles. The molecule has 0 saturated heterocycles. The second-order valence-electron chi connectivity index (χ2n) is 5.88. The van der Waals surface area contributed by atoms with Crippen molar-refractivity contribution in [1.29, 1.82) is 0 Å². The van der Waals surface area contributed by atoms with Crippen LogP contribution in [0.2, 0.25) is 0 Å². The number of aryl methyl sites for hydroxylation is 3. The Morgan fingerprint density at radius 2 is 1.48 bits per heavy atom. The van der Waals surface area contributed by atoms with Gasteiger partial charge in [0, 0.05) is 18.8 Å². The Morgan fingerprint density at radius 3 is 2.00 bits per heavy atom. The number of anilines is 1. The second-order valence-corrected chi connectivity index (χ2v) is 6.26. The zero-order valence-corrected chi connectivity index (χ0v) is 15.1. The molecule has 1 aromatic rings. The van der Waals surface area contributed by atoms with Gasteiger partial charge in [-0.2, -0.15) is 0 Å². The third-order valence-electron chi connectivity index (χ3n) is 3.93. The lowest BCUT2D eigenvalue weighted by Gasteiger charge is -2.26. The molecule has 1 N–H and O–H groups in total. The smallest absolute Gasteiger partial charge is 0.173 e. The normalized spacial score (nSPS) is 10.5. The van der Waals surface area contributed by atoms with Crippen molar-refractivity contribution in [1.82, 2.24) is 4.90 Å². The molecular formula is C18H30N2S. The predicted molar refractivity (Wildman–Crippen MR) is 98.3 cm³/mol. The quantitative estimate of drug-likeness (QED) is 0.696. The minimum absolute atomic E-state index is 0.864.